The number of carbonyl (C=O) groups excluding carboxylic acids is 4. The minimum absolute atomic E-state index is 0.137. The first-order valence-electron chi connectivity index (χ1n) is 26.7. The Morgan fingerprint density at radius 3 is 2.43 bits per heavy atom. The fourth-order valence-corrected chi connectivity index (χ4v) is 11.7. The number of benzene rings is 3. The summed E-state index contributed by atoms with van der Waals surface area (Å²) in [5.74, 6) is -1.99. The maximum absolute atomic E-state index is 14.9. The molecule has 15 heteroatoms. The van der Waals surface area contributed by atoms with E-state index < -0.39 is 41.5 Å². The topological polar surface area (TPSA) is 151 Å². The number of cyclic esters (lactones) is 1. The summed E-state index contributed by atoms with van der Waals surface area (Å²) in [5, 5.41) is 5.68. The van der Waals surface area contributed by atoms with Crippen LogP contribution in [0.1, 0.15) is 95.2 Å². The minimum Gasteiger partial charge on any atom is -0.464 e. The van der Waals surface area contributed by atoms with E-state index in [-0.39, 0.29) is 42.8 Å². The normalized spacial score (nSPS) is 22.6. The van der Waals surface area contributed by atoms with Gasteiger partial charge in [0.1, 0.15) is 24.2 Å². The van der Waals surface area contributed by atoms with Crippen molar-refractivity contribution < 1.29 is 33.4 Å². The number of methoxy groups -OCH3 is 1. The summed E-state index contributed by atoms with van der Waals surface area (Å²) in [6, 6.07) is 24.2. The number of hydrogen-bond donors (Lipinski definition) is 2. The van der Waals surface area contributed by atoms with Crippen LogP contribution in [0.2, 0.25) is 0 Å². The number of anilines is 1. The Morgan fingerprint density at radius 1 is 0.946 bits per heavy atom. The van der Waals surface area contributed by atoms with Crippen LogP contribution in [0.3, 0.4) is 0 Å². The predicted molar refractivity (Wildman–Crippen MR) is 288 cm³/mol. The third-order valence-corrected chi connectivity index (χ3v) is 15.8. The van der Waals surface area contributed by atoms with Crippen LogP contribution in [0, 0.1) is 11.3 Å². The third-order valence-electron chi connectivity index (χ3n) is 15.8. The highest BCUT2D eigenvalue weighted by atomic mass is 16.5. The Morgan fingerprint density at radius 2 is 1.70 bits per heavy atom. The number of esters is 1. The largest absolute Gasteiger partial charge is 0.464 e. The summed E-state index contributed by atoms with van der Waals surface area (Å²) < 4.78 is 20.7. The van der Waals surface area contributed by atoms with E-state index in [9.17, 15) is 19.2 Å². The number of hydrazine groups is 1. The van der Waals surface area contributed by atoms with Gasteiger partial charge in [-0.15, -0.1) is 0 Å². The molecule has 3 amide bonds. The van der Waals surface area contributed by atoms with Gasteiger partial charge in [-0.3, -0.25) is 29.2 Å². The zero-order valence-corrected chi connectivity index (χ0v) is 44.9. The maximum Gasteiger partial charge on any atom is 0.324 e. The Labute approximate surface area is 436 Å². The lowest BCUT2D eigenvalue weighted by Gasteiger charge is -2.37. The van der Waals surface area contributed by atoms with Gasteiger partial charge in [0.2, 0.25) is 5.91 Å². The summed E-state index contributed by atoms with van der Waals surface area (Å²) in [6.07, 6.45) is 3.43. The van der Waals surface area contributed by atoms with Crippen LogP contribution in [0.4, 0.5) is 5.69 Å². The number of fused-ring (bicyclic) bond motifs is 6. The van der Waals surface area contributed by atoms with Gasteiger partial charge in [0.05, 0.1) is 36.0 Å². The Balaban J connectivity index is 1.11. The van der Waals surface area contributed by atoms with Gasteiger partial charge in [0, 0.05) is 94.3 Å². The quantitative estimate of drug-likeness (QED) is 0.126. The summed E-state index contributed by atoms with van der Waals surface area (Å²) in [6.45, 7) is 17.6. The van der Waals surface area contributed by atoms with Crippen LogP contribution < -0.4 is 15.6 Å². The molecule has 2 N–H and O–H groups in total. The van der Waals surface area contributed by atoms with E-state index in [1.807, 2.05) is 69.4 Å². The van der Waals surface area contributed by atoms with Gasteiger partial charge in [-0.05, 0) is 98.5 Å². The smallest absolute Gasteiger partial charge is 0.324 e. The Bertz CT molecular complexity index is 2840. The summed E-state index contributed by atoms with van der Waals surface area (Å²) >= 11 is 0. The van der Waals surface area contributed by atoms with Gasteiger partial charge in [0.25, 0.3) is 11.8 Å². The van der Waals surface area contributed by atoms with Crippen molar-refractivity contribution in [1.82, 2.24) is 35.1 Å². The Kier molecular flexibility index (Phi) is 15.9. The number of nitrogens with zero attached hydrogens (tertiary/aromatic N) is 6. The molecule has 6 heterocycles. The van der Waals surface area contributed by atoms with Crippen molar-refractivity contribution in [2.24, 2.45) is 11.3 Å². The zero-order chi connectivity index (χ0) is 52.4. The molecule has 3 fully saturated rings. The van der Waals surface area contributed by atoms with Crippen LogP contribution in [-0.2, 0) is 52.8 Å². The highest BCUT2D eigenvalue weighted by Gasteiger charge is 2.42. The number of likely N-dealkylation sites (N-methyl/N-ethyl adjacent to an activating group) is 2. The number of amides is 3. The van der Waals surface area contributed by atoms with Crippen molar-refractivity contribution in [2.45, 2.75) is 116 Å². The van der Waals surface area contributed by atoms with Crippen molar-refractivity contribution in [3.8, 4) is 22.4 Å². The van der Waals surface area contributed by atoms with Gasteiger partial charge in [-0.25, -0.2) is 5.43 Å². The number of aryl methyl sites for hydroxylation is 1. The number of pyridine rings is 1. The van der Waals surface area contributed by atoms with Crippen LogP contribution in [0.25, 0.3) is 33.3 Å². The molecule has 0 spiro atoms. The van der Waals surface area contributed by atoms with Crippen LogP contribution in [0.15, 0.2) is 85.1 Å². The number of piperazine rings is 1. The number of rotatable bonds is 11. The fraction of sp³-hybridized carbons (Fsp3) is 0.508. The zero-order valence-electron chi connectivity index (χ0n) is 44.9. The summed E-state index contributed by atoms with van der Waals surface area (Å²) in [4.78, 5) is 69.6. The SMILES string of the molecule is CCn1c(-c2cc(N3CCN(C)CC3)cnc2[C@H](C)OC)c2c3cc(ccc31)-c1cccc(c1)C[C@H](NC(=O)[C@H](C(C)C)N(C)C(=O)[C@@H]1OCC[C@@H]1c1ccccc1)C(=O)N1CCC[C@H](N1)C(=O)OCC(C)(C)C2. The van der Waals surface area contributed by atoms with Crippen molar-refractivity contribution >= 4 is 40.3 Å². The number of hydrogen-bond acceptors (Lipinski definition) is 11. The second-order valence-electron chi connectivity index (χ2n) is 22.1. The molecule has 0 saturated carbocycles. The lowest BCUT2D eigenvalue weighted by Crippen LogP contribution is -2.62. The molecule has 9 rings (SSSR count). The van der Waals surface area contributed by atoms with Crippen LogP contribution in [0.5, 0.6) is 0 Å². The van der Waals surface area contributed by atoms with Gasteiger partial charge in [-0.2, -0.15) is 0 Å². The van der Waals surface area contributed by atoms with Gasteiger partial charge >= 0.3 is 5.97 Å². The standard InChI is InChI=1S/C59H76N8O7/c1-10-66-50-22-21-42-32-45(50)47(53(66)46-33-43(35-60-51(46)38(4)72-9)65-27-25-63(7)26-28-65)34-59(5,6)36-74-58(71)48-20-15-24-67(62-48)56(69)49(31-39-16-14-19-41(42)30-39)61-55(68)52(37(2)3)64(8)57(70)54-44(23-29-73-54)40-17-12-11-13-18-40/h11-14,16-19,21-22,30,32-33,35,37-38,44,48-49,52,54,62H,10,15,20,23-29,31,34,36H2,1-9H3,(H,61,68)/t38-,44+,48-,49-,52-,54+/m0/s1. The molecule has 5 aromatic rings. The highest BCUT2D eigenvalue weighted by Crippen LogP contribution is 2.43. The molecule has 15 nitrogen and oxygen atoms in total. The average Bonchev–Trinajstić information content (AvgIpc) is 4.02. The molecule has 0 unspecified atom stereocenters. The van der Waals surface area contributed by atoms with E-state index in [0.29, 0.717) is 45.4 Å². The second kappa shape index (κ2) is 22.4. The lowest BCUT2D eigenvalue weighted by atomic mass is 9.84. The van der Waals surface area contributed by atoms with Gasteiger partial charge < -0.3 is 38.8 Å². The molecular formula is C59H76N8O7. The molecule has 6 bridgehead atoms. The Hall–Kier alpha value is -6.13. The van der Waals surface area contributed by atoms with Crippen LogP contribution in [-0.4, -0.2) is 139 Å². The average molecular weight is 1010 g/mol. The van der Waals surface area contributed by atoms with E-state index in [1.165, 1.54) is 9.91 Å². The monoisotopic (exact) mass is 1010 g/mol. The second-order valence-corrected chi connectivity index (χ2v) is 22.1. The van der Waals surface area contributed by atoms with Gasteiger partial charge in [-0.1, -0.05) is 88.4 Å². The maximum atomic E-state index is 14.9. The van der Waals surface area contributed by atoms with E-state index in [2.05, 4.69) is 89.3 Å². The first kappa shape index (κ1) is 52.7. The molecule has 2 aromatic heterocycles. The molecule has 3 saturated heterocycles. The van der Waals surface area contributed by atoms with Crippen molar-refractivity contribution in [2.75, 3.05) is 72.0 Å². The first-order chi connectivity index (χ1) is 35.5. The molecular weight excluding hydrogens is 933 g/mol. The van der Waals surface area contributed by atoms with Crippen molar-refractivity contribution in [1.29, 1.82) is 0 Å². The van der Waals surface area contributed by atoms with E-state index >= 15 is 0 Å². The van der Waals surface area contributed by atoms with Gasteiger partial charge in [0.15, 0.2) is 0 Å². The summed E-state index contributed by atoms with van der Waals surface area (Å²) in [7, 11) is 5.54. The molecule has 4 aliphatic heterocycles. The number of ether oxygens (including phenoxy) is 3. The van der Waals surface area contributed by atoms with E-state index in [0.717, 1.165) is 87.5 Å². The van der Waals surface area contributed by atoms with E-state index in [4.69, 9.17) is 19.2 Å². The summed E-state index contributed by atoms with van der Waals surface area (Å²) in [5.41, 5.74) is 12.7. The predicted octanol–water partition coefficient (Wildman–Crippen LogP) is 7.55. The van der Waals surface area contributed by atoms with Crippen LogP contribution >= 0.6 is 0 Å². The first-order valence-corrected chi connectivity index (χ1v) is 26.7. The lowest BCUT2D eigenvalue weighted by molar-refractivity contribution is -0.155. The van der Waals surface area contributed by atoms with Crippen molar-refractivity contribution in [3.63, 3.8) is 0 Å². The fourth-order valence-electron chi connectivity index (χ4n) is 11.7. The molecule has 0 aliphatic carbocycles. The van der Waals surface area contributed by atoms with Crippen molar-refractivity contribution in [3.05, 3.63) is 107 Å². The van der Waals surface area contributed by atoms with E-state index in [1.54, 1.807) is 14.2 Å². The number of nitrogens with one attached hydrogen (secondary N) is 2. The third kappa shape index (κ3) is 11.0. The molecule has 74 heavy (non-hydrogen) atoms. The molecule has 0 radical (unpaired) electrons. The molecule has 4 aliphatic rings. The highest BCUT2D eigenvalue weighted by molar-refractivity contribution is 5.96. The number of aromatic nitrogens is 2. The molecule has 394 valence electrons. The number of carbonyl (C=O) groups is 4. The molecule has 6 atom stereocenters. The molecule has 3 aromatic carbocycles. The minimum atomic E-state index is -1.04.